The molecule has 0 aromatic carbocycles. The highest BCUT2D eigenvalue weighted by molar-refractivity contribution is 5.93. The Bertz CT molecular complexity index is 414. The van der Waals surface area contributed by atoms with Crippen LogP contribution in [0.1, 0.15) is 37.6 Å². The van der Waals surface area contributed by atoms with Crippen molar-refractivity contribution in [2.24, 2.45) is 0 Å². The van der Waals surface area contributed by atoms with Crippen molar-refractivity contribution in [3.8, 4) is 0 Å². The highest BCUT2D eigenvalue weighted by atomic mass is 16.3. The van der Waals surface area contributed by atoms with E-state index in [2.05, 4.69) is 23.7 Å². The average Bonchev–Trinajstić information content (AvgIpc) is 2.46. The third kappa shape index (κ3) is 4.49. The van der Waals surface area contributed by atoms with Crippen molar-refractivity contribution in [2.75, 3.05) is 31.6 Å². The van der Waals surface area contributed by atoms with E-state index in [9.17, 15) is 9.90 Å². The molecule has 5 nitrogen and oxygen atoms in total. The van der Waals surface area contributed by atoms with Crippen LogP contribution in [0.5, 0.6) is 0 Å². The van der Waals surface area contributed by atoms with Gasteiger partial charge in [-0.05, 0) is 39.3 Å². The number of carbonyl (C=O) groups is 1. The molecule has 1 aromatic rings. The summed E-state index contributed by atoms with van der Waals surface area (Å²) >= 11 is 0. The monoisotopic (exact) mass is 279 g/mol. The Morgan fingerprint density at radius 3 is 2.45 bits per heavy atom. The first-order chi connectivity index (χ1) is 9.49. The summed E-state index contributed by atoms with van der Waals surface area (Å²) in [5, 5.41) is 9.25. The van der Waals surface area contributed by atoms with Crippen molar-refractivity contribution in [1.82, 2.24) is 9.88 Å². The lowest BCUT2D eigenvalue weighted by Crippen LogP contribution is -2.29. The molecule has 5 heteroatoms. The van der Waals surface area contributed by atoms with Gasteiger partial charge in [-0.25, -0.2) is 4.98 Å². The van der Waals surface area contributed by atoms with Crippen molar-refractivity contribution in [3.05, 3.63) is 23.9 Å². The zero-order valence-electron chi connectivity index (χ0n) is 12.8. The third-order valence-electron chi connectivity index (χ3n) is 3.31. The molecule has 0 bridgehead atoms. The maximum atomic E-state index is 12.2. The van der Waals surface area contributed by atoms with Crippen molar-refractivity contribution in [2.45, 2.75) is 33.3 Å². The molecule has 0 spiro atoms. The van der Waals surface area contributed by atoms with E-state index >= 15 is 0 Å². The number of anilines is 1. The van der Waals surface area contributed by atoms with Crippen LogP contribution in [0.3, 0.4) is 0 Å². The van der Waals surface area contributed by atoms with Gasteiger partial charge in [0.2, 0.25) is 0 Å². The fourth-order valence-corrected chi connectivity index (χ4v) is 1.95. The minimum atomic E-state index is -0.395. The Morgan fingerprint density at radius 1 is 1.35 bits per heavy atom. The maximum absolute atomic E-state index is 12.2. The predicted molar refractivity (Wildman–Crippen MR) is 81.1 cm³/mol. The molecule has 0 radical (unpaired) electrons. The molecule has 1 unspecified atom stereocenters. The number of aromatic nitrogens is 1. The van der Waals surface area contributed by atoms with Gasteiger partial charge < -0.3 is 14.9 Å². The number of pyridine rings is 1. The second-order valence-corrected chi connectivity index (χ2v) is 4.94. The standard InChI is InChI=1S/C15H25N3O2/c1-5-18(6-2)14-8-7-13(11-16-14)15(20)17(4)10-9-12(3)19/h7-8,11-12,19H,5-6,9-10H2,1-4H3. The Kier molecular flexibility index (Phi) is 6.45. The molecule has 1 heterocycles. The third-order valence-corrected chi connectivity index (χ3v) is 3.31. The van der Waals surface area contributed by atoms with Crippen molar-refractivity contribution in [3.63, 3.8) is 0 Å². The number of aliphatic hydroxyl groups excluding tert-OH is 1. The number of carbonyl (C=O) groups excluding carboxylic acids is 1. The van der Waals surface area contributed by atoms with Crippen LogP contribution in [0.25, 0.3) is 0 Å². The van der Waals surface area contributed by atoms with Crippen LogP contribution in [0.15, 0.2) is 18.3 Å². The summed E-state index contributed by atoms with van der Waals surface area (Å²) in [7, 11) is 1.74. The van der Waals surface area contributed by atoms with Gasteiger partial charge in [-0.15, -0.1) is 0 Å². The molecule has 112 valence electrons. The highest BCUT2D eigenvalue weighted by Gasteiger charge is 2.13. The molecule has 0 aliphatic heterocycles. The molecular weight excluding hydrogens is 254 g/mol. The highest BCUT2D eigenvalue weighted by Crippen LogP contribution is 2.12. The fraction of sp³-hybridized carbons (Fsp3) is 0.600. The summed E-state index contributed by atoms with van der Waals surface area (Å²) in [4.78, 5) is 20.3. The zero-order valence-corrected chi connectivity index (χ0v) is 12.8. The Hall–Kier alpha value is -1.62. The molecule has 0 saturated heterocycles. The summed E-state index contributed by atoms with van der Waals surface area (Å²) in [6.45, 7) is 8.20. The molecule has 1 N–H and O–H groups in total. The van der Waals surface area contributed by atoms with Crippen LogP contribution < -0.4 is 4.90 Å². The van der Waals surface area contributed by atoms with Crippen LogP contribution in [0, 0.1) is 0 Å². The van der Waals surface area contributed by atoms with Crippen LogP contribution in [0.2, 0.25) is 0 Å². The van der Waals surface area contributed by atoms with Gasteiger partial charge in [0.25, 0.3) is 5.91 Å². The van der Waals surface area contributed by atoms with Gasteiger partial charge in [0.05, 0.1) is 11.7 Å². The molecule has 0 saturated carbocycles. The van der Waals surface area contributed by atoms with E-state index < -0.39 is 6.10 Å². The number of hydrogen-bond donors (Lipinski definition) is 1. The van der Waals surface area contributed by atoms with Gasteiger partial charge in [0.1, 0.15) is 5.82 Å². The number of nitrogens with zero attached hydrogens (tertiary/aromatic N) is 3. The van der Waals surface area contributed by atoms with Crippen molar-refractivity contribution >= 4 is 11.7 Å². The van der Waals surface area contributed by atoms with E-state index in [1.807, 2.05) is 12.1 Å². The molecule has 1 amide bonds. The molecule has 0 fully saturated rings. The summed E-state index contributed by atoms with van der Waals surface area (Å²) in [5.74, 6) is 0.822. The van der Waals surface area contributed by atoms with Gasteiger partial charge in [-0.1, -0.05) is 0 Å². The minimum Gasteiger partial charge on any atom is -0.393 e. The van der Waals surface area contributed by atoms with Crippen LogP contribution in [0.4, 0.5) is 5.82 Å². The molecule has 1 atom stereocenters. The summed E-state index contributed by atoms with van der Waals surface area (Å²) in [5.41, 5.74) is 0.578. The van der Waals surface area contributed by atoms with Gasteiger partial charge in [0.15, 0.2) is 0 Å². The minimum absolute atomic E-state index is 0.0655. The first kappa shape index (κ1) is 16.4. The number of hydrogen-bond acceptors (Lipinski definition) is 4. The molecule has 0 aliphatic carbocycles. The van der Waals surface area contributed by atoms with Crippen LogP contribution in [-0.2, 0) is 0 Å². The van der Waals surface area contributed by atoms with E-state index in [1.54, 1.807) is 25.1 Å². The molecule has 1 rings (SSSR count). The van der Waals surface area contributed by atoms with E-state index in [0.29, 0.717) is 18.5 Å². The average molecular weight is 279 g/mol. The van der Waals surface area contributed by atoms with Crippen LogP contribution in [-0.4, -0.2) is 53.7 Å². The Morgan fingerprint density at radius 2 is 2.00 bits per heavy atom. The first-order valence-electron chi connectivity index (χ1n) is 7.14. The lowest BCUT2D eigenvalue weighted by Gasteiger charge is -2.21. The van der Waals surface area contributed by atoms with E-state index in [0.717, 1.165) is 18.9 Å². The number of rotatable bonds is 7. The molecule has 0 aliphatic rings. The molecular formula is C15H25N3O2. The van der Waals surface area contributed by atoms with Crippen molar-refractivity contribution in [1.29, 1.82) is 0 Å². The van der Waals surface area contributed by atoms with Gasteiger partial charge in [0, 0.05) is 32.9 Å². The van der Waals surface area contributed by atoms with E-state index in [1.165, 1.54) is 0 Å². The summed E-state index contributed by atoms with van der Waals surface area (Å²) in [6, 6.07) is 3.69. The number of aliphatic hydroxyl groups is 1. The Balaban J connectivity index is 2.70. The molecule has 20 heavy (non-hydrogen) atoms. The zero-order chi connectivity index (χ0) is 15.1. The smallest absolute Gasteiger partial charge is 0.255 e. The quantitative estimate of drug-likeness (QED) is 0.826. The first-order valence-corrected chi connectivity index (χ1v) is 7.14. The topological polar surface area (TPSA) is 56.7 Å². The van der Waals surface area contributed by atoms with Crippen molar-refractivity contribution < 1.29 is 9.90 Å². The SMILES string of the molecule is CCN(CC)c1ccc(C(=O)N(C)CCC(C)O)cn1. The number of amides is 1. The largest absolute Gasteiger partial charge is 0.393 e. The normalized spacial score (nSPS) is 12.1. The van der Waals surface area contributed by atoms with Crippen LogP contribution >= 0.6 is 0 Å². The van der Waals surface area contributed by atoms with E-state index in [-0.39, 0.29) is 5.91 Å². The molecule has 1 aromatic heterocycles. The lowest BCUT2D eigenvalue weighted by atomic mass is 10.2. The van der Waals surface area contributed by atoms with Gasteiger partial charge >= 0.3 is 0 Å². The second kappa shape index (κ2) is 7.85. The Labute approximate surface area is 121 Å². The summed E-state index contributed by atoms with van der Waals surface area (Å²) in [6.07, 6.45) is 1.80. The maximum Gasteiger partial charge on any atom is 0.255 e. The predicted octanol–water partition coefficient (Wildman–Crippen LogP) is 1.77. The lowest BCUT2D eigenvalue weighted by molar-refractivity contribution is 0.0768. The fourth-order valence-electron chi connectivity index (χ4n) is 1.95. The van der Waals surface area contributed by atoms with Gasteiger partial charge in [-0.3, -0.25) is 4.79 Å². The van der Waals surface area contributed by atoms with E-state index in [4.69, 9.17) is 0 Å². The summed E-state index contributed by atoms with van der Waals surface area (Å²) < 4.78 is 0. The van der Waals surface area contributed by atoms with Gasteiger partial charge in [-0.2, -0.15) is 0 Å². The second-order valence-electron chi connectivity index (χ2n) is 4.94.